The third kappa shape index (κ3) is 4.46. The van der Waals surface area contributed by atoms with Crippen LogP contribution in [-0.2, 0) is 15.1 Å². The van der Waals surface area contributed by atoms with Crippen LogP contribution in [-0.4, -0.2) is 53.8 Å². The van der Waals surface area contributed by atoms with E-state index in [0.29, 0.717) is 12.1 Å². The molecule has 2 saturated heterocycles. The average molecular weight is 421 g/mol. The molecule has 2 N–H and O–H groups in total. The summed E-state index contributed by atoms with van der Waals surface area (Å²) in [6, 6.07) is 18.1. The maximum Gasteiger partial charge on any atom is 0.325 e. The summed E-state index contributed by atoms with van der Waals surface area (Å²) in [6.45, 7) is 4.10. The molecular formula is C24H28N4O3. The van der Waals surface area contributed by atoms with E-state index in [1.807, 2.05) is 48.5 Å². The molecule has 0 spiro atoms. The Hall–Kier alpha value is -3.19. The van der Waals surface area contributed by atoms with E-state index in [-0.39, 0.29) is 18.5 Å². The monoisotopic (exact) mass is 420 g/mol. The Kier molecular flexibility index (Phi) is 6.04. The predicted octanol–water partition coefficient (Wildman–Crippen LogP) is 2.41. The maximum atomic E-state index is 13.1. The quantitative estimate of drug-likeness (QED) is 0.674. The molecule has 2 heterocycles. The minimum atomic E-state index is -1.17. The maximum absolute atomic E-state index is 13.1. The first-order valence-corrected chi connectivity index (χ1v) is 10.7. The van der Waals surface area contributed by atoms with Crippen molar-refractivity contribution in [3.63, 3.8) is 0 Å². The van der Waals surface area contributed by atoms with Crippen LogP contribution in [0.15, 0.2) is 60.7 Å². The number of likely N-dealkylation sites (tertiary alicyclic amines) is 1. The van der Waals surface area contributed by atoms with Gasteiger partial charge in [0.15, 0.2) is 0 Å². The zero-order chi connectivity index (χ0) is 21.8. The Morgan fingerprint density at radius 1 is 1.03 bits per heavy atom. The smallest absolute Gasteiger partial charge is 0.325 e. The van der Waals surface area contributed by atoms with E-state index in [1.165, 1.54) is 0 Å². The third-order valence-electron chi connectivity index (χ3n) is 6.10. The molecule has 0 aliphatic carbocycles. The molecule has 4 rings (SSSR count). The Balaban J connectivity index is 1.46. The molecule has 0 radical (unpaired) electrons. The molecule has 0 saturated carbocycles. The van der Waals surface area contributed by atoms with Gasteiger partial charge in [0, 0.05) is 6.54 Å². The van der Waals surface area contributed by atoms with Gasteiger partial charge < -0.3 is 15.5 Å². The zero-order valence-corrected chi connectivity index (χ0v) is 17.7. The first-order chi connectivity index (χ1) is 15.0. The van der Waals surface area contributed by atoms with E-state index >= 15 is 0 Å². The van der Waals surface area contributed by atoms with Gasteiger partial charge in [0.25, 0.3) is 5.91 Å². The molecule has 7 nitrogen and oxygen atoms in total. The van der Waals surface area contributed by atoms with Crippen LogP contribution in [0.2, 0.25) is 0 Å². The number of nitrogens with zero attached hydrogens (tertiary/aromatic N) is 2. The van der Waals surface area contributed by atoms with E-state index in [4.69, 9.17) is 0 Å². The SMILES string of the molecule is CC1(c2ccccc2)NC(=O)N(CC(=O)NC(CN2CCCC2)c2ccccc2)C1=O. The molecule has 31 heavy (non-hydrogen) atoms. The van der Waals surface area contributed by atoms with Crippen molar-refractivity contribution in [1.29, 1.82) is 0 Å². The van der Waals surface area contributed by atoms with Gasteiger partial charge >= 0.3 is 6.03 Å². The lowest BCUT2D eigenvalue weighted by molar-refractivity contribution is -0.135. The number of hydrogen-bond donors (Lipinski definition) is 2. The fourth-order valence-corrected chi connectivity index (χ4v) is 4.33. The van der Waals surface area contributed by atoms with Crippen molar-refractivity contribution < 1.29 is 14.4 Å². The van der Waals surface area contributed by atoms with Crippen molar-refractivity contribution in [3.8, 4) is 0 Å². The lowest BCUT2D eigenvalue weighted by atomic mass is 9.92. The molecule has 2 aromatic rings. The van der Waals surface area contributed by atoms with Gasteiger partial charge in [-0.25, -0.2) is 4.79 Å². The van der Waals surface area contributed by atoms with Crippen molar-refractivity contribution in [2.75, 3.05) is 26.2 Å². The Morgan fingerprint density at radius 3 is 2.29 bits per heavy atom. The van der Waals surface area contributed by atoms with Crippen LogP contribution in [0.3, 0.4) is 0 Å². The lowest BCUT2D eigenvalue weighted by Gasteiger charge is -2.26. The number of carbonyl (C=O) groups is 3. The van der Waals surface area contributed by atoms with E-state index in [1.54, 1.807) is 19.1 Å². The van der Waals surface area contributed by atoms with E-state index in [9.17, 15) is 14.4 Å². The van der Waals surface area contributed by atoms with Gasteiger partial charge in [-0.1, -0.05) is 60.7 Å². The van der Waals surface area contributed by atoms with Crippen molar-refractivity contribution in [1.82, 2.24) is 20.4 Å². The van der Waals surface area contributed by atoms with Gasteiger partial charge in [-0.3, -0.25) is 14.5 Å². The highest BCUT2D eigenvalue weighted by Gasteiger charge is 2.49. The summed E-state index contributed by atoms with van der Waals surface area (Å²) in [5.41, 5.74) is 0.522. The molecule has 162 valence electrons. The van der Waals surface area contributed by atoms with Gasteiger partial charge in [-0.15, -0.1) is 0 Å². The normalized spacial score (nSPS) is 22.4. The summed E-state index contributed by atoms with van der Waals surface area (Å²) in [7, 11) is 0. The largest absolute Gasteiger partial charge is 0.346 e. The summed E-state index contributed by atoms with van der Waals surface area (Å²) >= 11 is 0. The van der Waals surface area contributed by atoms with Crippen molar-refractivity contribution in [3.05, 3.63) is 71.8 Å². The number of nitrogens with one attached hydrogen (secondary N) is 2. The van der Waals surface area contributed by atoms with E-state index in [2.05, 4.69) is 15.5 Å². The summed E-state index contributed by atoms with van der Waals surface area (Å²) < 4.78 is 0. The Labute approximate surface area is 182 Å². The number of benzene rings is 2. The average Bonchev–Trinajstić information content (AvgIpc) is 3.37. The topological polar surface area (TPSA) is 81.8 Å². The van der Waals surface area contributed by atoms with Crippen LogP contribution in [0.1, 0.15) is 36.9 Å². The van der Waals surface area contributed by atoms with Crippen LogP contribution in [0.25, 0.3) is 0 Å². The number of urea groups is 1. The fourth-order valence-electron chi connectivity index (χ4n) is 4.33. The van der Waals surface area contributed by atoms with Crippen LogP contribution in [0.4, 0.5) is 4.79 Å². The summed E-state index contributed by atoms with van der Waals surface area (Å²) in [4.78, 5) is 41.8. The molecule has 2 unspecified atom stereocenters. The molecule has 2 aliphatic rings. The van der Waals surface area contributed by atoms with Crippen LogP contribution < -0.4 is 10.6 Å². The minimum Gasteiger partial charge on any atom is -0.346 e. The molecule has 7 heteroatoms. The van der Waals surface area contributed by atoms with E-state index in [0.717, 1.165) is 36.4 Å². The summed E-state index contributed by atoms with van der Waals surface area (Å²) in [5, 5.41) is 5.79. The lowest BCUT2D eigenvalue weighted by Crippen LogP contribution is -2.45. The highest BCUT2D eigenvalue weighted by molar-refractivity contribution is 6.09. The number of imide groups is 1. The van der Waals surface area contributed by atoms with Crippen molar-refractivity contribution in [2.45, 2.75) is 31.3 Å². The molecule has 0 aromatic heterocycles. The van der Waals surface area contributed by atoms with Gasteiger partial charge in [0.1, 0.15) is 12.1 Å². The number of hydrogen-bond acceptors (Lipinski definition) is 4. The molecule has 2 aliphatic heterocycles. The molecule has 2 atom stereocenters. The number of carbonyl (C=O) groups excluding carboxylic acids is 3. The number of rotatable bonds is 7. The second kappa shape index (κ2) is 8.89. The van der Waals surface area contributed by atoms with Gasteiger partial charge in [-0.2, -0.15) is 0 Å². The van der Waals surface area contributed by atoms with E-state index < -0.39 is 17.5 Å². The molecular weight excluding hydrogens is 392 g/mol. The molecule has 4 amide bonds. The minimum absolute atomic E-state index is 0.201. The van der Waals surface area contributed by atoms with Crippen LogP contribution in [0, 0.1) is 0 Å². The summed E-state index contributed by atoms with van der Waals surface area (Å²) in [6.07, 6.45) is 2.33. The Bertz CT molecular complexity index is 944. The van der Waals surface area contributed by atoms with Crippen molar-refractivity contribution >= 4 is 17.8 Å². The predicted molar refractivity (Wildman–Crippen MR) is 117 cm³/mol. The van der Waals surface area contributed by atoms with Gasteiger partial charge in [0.2, 0.25) is 5.91 Å². The second-order valence-electron chi connectivity index (χ2n) is 8.35. The third-order valence-corrected chi connectivity index (χ3v) is 6.10. The Morgan fingerprint density at radius 2 is 1.65 bits per heavy atom. The zero-order valence-electron chi connectivity index (χ0n) is 17.7. The molecule has 2 aromatic carbocycles. The standard InChI is InChI=1S/C24H28N4O3/c1-24(19-12-6-3-7-13-19)22(30)28(23(31)26-24)17-21(29)25-20(16-27-14-8-9-15-27)18-10-4-2-5-11-18/h2-7,10-13,20H,8-9,14-17H2,1H3,(H,25,29)(H,26,31). The number of amides is 4. The first kappa shape index (κ1) is 21.1. The highest BCUT2D eigenvalue weighted by atomic mass is 16.2. The van der Waals surface area contributed by atoms with Gasteiger partial charge in [-0.05, 0) is 44.0 Å². The first-order valence-electron chi connectivity index (χ1n) is 10.7. The highest BCUT2D eigenvalue weighted by Crippen LogP contribution is 2.28. The van der Waals surface area contributed by atoms with Crippen molar-refractivity contribution in [2.24, 2.45) is 0 Å². The van der Waals surface area contributed by atoms with Gasteiger partial charge in [0.05, 0.1) is 6.04 Å². The second-order valence-corrected chi connectivity index (χ2v) is 8.35. The van der Waals surface area contributed by atoms with Crippen LogP contribution >= 0.6 is 0 Å². The fraction of sp³-hybridized carbons (Fsp3) is 0.375. The molecule has 0 bridgehead atoms. The van der Waals surface area contributed by atoms with Crippen LogP contribution in [0.5, 0.6) is 0 Å². The summed E-state index contributed by atoms with van der Waals surface area (Å²) in [5.74, 6) is -0.775. The molecule has 2 fully saturated rings.